The molecule has 0 saturated heterocycles. The molecule has 0 amide bonds. The Morgan fingerprint density at radius 2 is 1.37 bits per heavy atom. The Balaban J connectivity index is 0.000000178. The summed E-state index contributed by atoms with van der Waals surface area (Å²) >= 11 is 1.54. The number of hydrogen-bond acceptors (Lipinski definition) is 0. The molecular formula is C48H60Cl2Zr-2. The molecule has 3 aromatic carbocycles. The molecule has 6 aliphatic rings. The summed E-state index contributed by atoms with van der Waals surface area (Å²) < 4.78 is 1.55. The standard InChI is InChI=1S/C21H25.C18H25.C9H10.2ClH.Zr/c1-20(2,3)16-9-7-14-11-15-8-10-17(21(4,5)6)13-19(15)18(14)12-16;1-12-3-13(2)17(4-12)11-18-8-14-5-15(9-18)7-16(6-14)10-18;1-2-6-9-7-4-3-5-8-9;;;/h7,9-10,12-13H,11H2,1-6H3;4,12,14-16H,5-11H2,1-2H3;3-5,7-8H,2H2,1H3;2*1H;/q2*-1;;;;+2/p-2. The van der Waals surface area contributed by atoms with Crippen molar-refractivity contribution in [1.82, 2.24) is 0 Å². The Morgan fingerprint density at radius 3 is 1.88 bits per heavy atom. The summed E-state index contributed by atoms with van der Waals surface area (Å²) in [7, 11) is 0. The SMILES string of the molecule is CC(C)(C)c1c[c-]c2c(c1)-c1cc(C(C)(C)C)ccc1C2.CC1=[C-]C(C)C=C1CC12CC3CC(CC(C3)C1)C2.CC[C](=[Zr+2])c1ccccc1.[Cl-].[Cl-]. The van der Waals surface area contributed by atoms with Crippen molar-refractivity contribution in [2.24, 2.45) is 29.1 Å². The van der Waals surface area contributed by atoms with Crippen LogP contribution in [-0.4, -0.2) is 3.21 Å². The van der Waals surface area contributed by atoms with Crippen LogP contribution >= 0.6 is 0 Å². The summed E-state index contributed by atoms with van der Waals surface area (Å²) in [6.07, 6.45) is 19.0. The summed E-state index contributed by atoms with van der Waals surface area (Å²) in [5, 5.41) is 0. The van der Waals surface area contributed by atoms with E-state index in [0.717, 1.165) is 24.2 Å². The summed E-state index contributed by atoms with van der Waals surface area (Å²) in [6.45, 7) is 20.4. The van der Waals surface area contributed by atoms with Gasteiger partial charge in [-0.2, -0.15) is 41.0 Å². The Kier molecular flexibility index (Phi) is 14.0. The third-order valence-electron chi connectivity index (χ3n) is 12.1. The number of fused-ring (bicyclic) bond motifs is 3. The maximum Gasteiger partial charge on any atom is -1.00 e. The van der Waals surface area contributed by atoms with Crippen LogP contribution in [0.25, 0.3) is 11.1 Å². The molecule has 4 saturated carbocycles. The van der Waals surface area contributed by atoms with E-state index in [-0.39, 0.29) is 35.6 Å². The van der Waals surface area contributed by atoms with Gasteiger partial charge in [-0.1, -0.05) is 102 Å². The molecule has 0 nitrogen and oxygen atoms in total. The van der Waals surface area contributed by atoms with E-state index < -0.39 is 0 Å². The molecule has 1 unspecified atom stereocenters. The Hall–Kier alpha value is -1.53. The monoisotopic (exact) mass is 796 g/mol. The molecule has 1 atom stereocenters. The van der Waals surface area contributed by atoms with E-state index in [1.807, 2.05) is 0 Å². The van der Waals surface area contributed by atoms with Gasteiger partial charge in [-0.3, -0.25) is 6.08 Å². The van der Waals surface area contributed by atoms with E-state index in [9.17, 15) is 0 Å². The summed E-state index contributed by atoms with van der Waals surface area (Å²) in [5.41, 5.74) is 14.0. The van der Waals surface area contributed by atoms with Crippen molar-refractivity contribution in [2.75, 3.05) is 0 Å². The first kappa shape index (κ1) is 42.2. The topological polar surface area (TPSA) is 0 Å². The molecule has 3 heteroatoms. The van der Waals surface area contributed by atoms with Crippen molar-refractivity contribution in [2.45, 2.75) is 131 Å². The minimum absolute atomic E-state index is 0. The van der Waals surface area contributed by atoms with Gasteiger partial charge >= 0.3 is 76.7 Å². The molecule has 4 fully saturated rings. The first-order chi connectivity index (χ1) is 23.1. The summed E-state index contributed by atoms with van der Waals surface area (Å²) in [6, 6.07) is 25.7. The molecule has 0 heterocycles. The quantitative estimate of drug-likeness (QED) is 0.201. The van der Waals surface area contributed by atoms with E-state index in [0.29, 0.717) is 11.3 Å². The minimum atomic E-state index is 0. The second-order valence-corrected chi connectivity index (χ2v) is 19.9. The predicted octanol–water partition coefficient (Wildman–Crippen LogP) is 6.74. The number of halogens is 2. The third-order valence-corrected chi connectivity index (χ3v) is 13.7. The van der Waals surface area contributed by atoms with Crippen molar-refractivity contribution in [3.8, 4) is 11.1 Å². The fourth-order valence-corrected chi connectivity index (χ4v) is 10.2. The van der Waals surface area contributed by atoms with Crippen molar-refractivity contribution in [1.29, 1.82) is 0 Å². The van der Waals surface area contributed by atoms with Crippen molar-refractivity contribution in [3.63, 3.8) is 0 Å². The van der Waals surface area contributed by atoms with E-state index in [1.165, 1.54) is 81.6 Å². The average Bonchev–Trinajstić information content (AvgIpc) is 3.56. The zero-order valence-corrected chi connectivity index (χ0v) is 36.8. The molecule has 6 aliphatic carbocycles. The van der Waals surface area contributed by atoms with Crippen LogP contribution in [0.3, 0.4) is 0 Å². The van der Waals surface area contributed by atoms with Gasteiger partial charge < -0.3 is 24.8 Å². The van der Waals surface area contributed by atoms with Crippen LogP contribution in [0, 0.1) is 41.2 Å². The maximum atomic E-state index is 3.57. The molecule has 51 heavy (non-hydrogen) atoms. The molecule has 0 radical (unpaired) electrons. The van der Waals surface area contributed by atoms with E-state index in [4.69, 9.17) is 0 Å². The van der Waals surface area contributed by atoms with Gasteiger partial charge in [0.1, 0.15) is 0 Å². The number of benzene rings is 3. The molecule has 272 valence electrons. The Morgan fingerprint density at radius 1 is 0.804 bits per heavy atom. The number of hydrogen-bond donors (Lipinski definition) is 0. The zero-order chi connectivity index (χ0) is 35.1. The molecule has 0 aromatic heterocycles. The third kappa shape index (κ3) is 9.97. The normalized spacial score (nSPS) is 25.1. The van der Waals surface area contributed by atoms with E-state index >= 15 is 0 Å². The molecule has 0 aliphatic heterocycles. The largest absolute Gasteiger partial charge is 1.00 e. The van der Waals surface area contributed by atoms with Gasteiger partial charge in [-0.05, 0) is 79.1 Å². The van der Waals surface area contributed by atoms with Crippen LogP contribution < -0.4 is 24.8 Å². The summed E-state index contributed by atoms with van der Waals surface area (Å²) in [4.78, 5) is 0. The number of rotatable bonds is 4. The van der Waals surface area contributed by atoms with Crippen LogP contribution in [0.15, 0.2) is 77.9 Å². The van der Waals surface area contributed by atoms with Gasteiger partial charge in [0.25, 0.3) is 0 Å². The predicted molar refractivity (Wildman–Crippen MR) is 207 cm³/mol. The van der Waals surface area contributed by atoms with Crippen molar-refractivity contribution in [3.05, 3.63) is 118 Å². The van der Waals surface area contributed by atoms with Gasteiger partial charge in [0.15, 0.2) is 0 Å². The molecule has 3 aromatic rings. The first-order valence-corrected chi connectivity index (χ1v) is 20.5. The van der Waals surface area contributed by atoms with Gasteiger partial charge in [-0.15, -0.1) is 5.56 Å². The maximum absolute atomic E-state index is 3.57. The number of allylic oxidation sites excluding steroid dienone is 4. The molecule has 9 rings (SSSR count). The Labute approximate surface area is 338 Å². The van der Waals surface area contributed by atoms with Gasteiger partial charge in [0.2, 0.25) is 0 Å². The fraction of sp³-hybridized carbons (Fsp3) is 0.521. The molecule has 0 N–H and O–H groups in total. The zero-order valence-electron chi connectivity index (χ0n) is 32.8. The smallest absolute Gasteiger partial charge is 1.00 e. The van der Waals surface area contributed by atoms with E-state index in [1.54, 1.807) is 47.3 Å². The van der Waals surface area contributed by atoms with Crippen LogP contribution in [0.1, 0.15) is 141 Å². The molecular weight excluding hydrogens is 739 g/mol. The molecule has 0 spiro atoms. The van der Waals surface area contributed by atoms with Gasteiger partial charge in [0.05, 0.1) is 0 Å². The Bertz CT molecular complexity index is 1630. The van der Waals surface area contributed by atoms with Crippen molar-refractivity contribution >= 4 is 3.21 Å². The van der Waals surface area contributed by atoms with Gasteiger partial charge in [0, 0.05) is 0 Å². The minimum Gasteiger partial charge on any atom is -1.00 e. The fourth-order valence-electron chi connectivity index (χ4n) is 9.83. The van der Waals surface area contributed by atoms with Crippen LogP contribution in [-0.2, 0) is 41.5 Å². The second-order valence-electron chi connectivity index (χ2n) is 18.4. The molecule has 4 bridgehead atoms. The first-order valence-electron chi connectivity index (χ1n) is 19.3. The second kappa shape index (κ2) is 16.9. The summed E-state index contributed by atoms with van der Waals surface area (Å²) in [5.74, 6) is 3.82. The van der Waals surface area contributed by atoms with Crippen LogP contribution in [0.5, 0.6) is 0 Å². The average molecular weight is 799 g/mol. The van der Waals surface area contributed by atoms with E-state index in [2.05, 4.69) is 141 Å². The van der Waals surface area contributed by atoms with Crippen LogP contribution in [0.4, 0.5) is 0 Å². The van der Waals surface area contributed by atoms with Crippen molar-refractivity contribution < 1.29 is 49.0 Å². The van der Waals surface area contributed by atoms with Crippen LogP contribution in [0.2, 0.25) is 0 Å². The van der Waals surface area contributed by atoms with Gasteiger partial charge in [-0.25, -0.2) is 5.57 Å².